The summed E-state index contributed by atoms with van der Waals surface area (Å²) in [7, 11) is 0. The smallest absolute Gasteiger partial charge is 0.185 e. The molecule has 0 aliphatic carbocycles. The number of nitriles is 1. The topological polar surface area (TPSA) is 50.1 Å². The molecule has 0 saturated carbocycles. The average Bonchev–Trinajstić information content (AvgIpc) is 2.52. The van der Waals surface area contributed by atoms with Gasteiger partial charge in [0.2, 0.25) is 0 Å². The van der Waals surface area contributed by atoms with Gasteiger partial charge >= 0.3 is 0 Å². The first-order chi connectivity index (χ1) is 11.0. The van der Waals surface area contributed by atoms with Crippen LogP contribution in [0.2, 0.25) is 0 Å². The van der Waals surface area contributed by atoms with Crippen molar-refractivity contribution < 1.29 is 9.53 Å². The second-order valence-corrected chi connectivity index (χ2v) is 5.48. The van der Waals surface area contributed by atoms with E-state index in [9.17, 15) is 4.79 Å². The third kappa shape index (κ3) is 4.31. The molecule has 23 heavy (non-hydrogen) atoms. The van der Waals surface area contributed by atoms with E-state index in [0.29, 0.717) is 11.3 Å². The van der Waals surface area contributed by atoms with Crippen LogP contribution in [0.3, 0.4) is 0 Å². The summed E-state index contributed by atoms with van der Waals surface area (Å²) in [6, 6.07) is 12.9. The van der Waals surface area contributed by atoms with Crippen LogP contribution >= 0.6 is 0 Å². The van der Waals surface area contributed by atoms with Gasteiger partial charge in [-0.25, -0.2) is 0 Å². The summed E-state index contributed by atoms with van der Waals surface area (Å²) in [6.07, 6.45) is 3.46. The van der Waals surface area contributed by atoms with E-state index < -0.39 is 0 Å². The maximum absolute atomic E-state index is 12.3. The molecule has 0 heterocycles. The first-order valence-corrected chi connectivity index (χ1v) is 7.41. The van der Waals surface area contributed by atoms with Gasteiger partial charge in [0.25, 0.3) is 0 Å². The normalized spacial score (nSPS) is 10.5. The van der Waals surface area contributed by atoms with E-state index in [1.54, 1.807) is 30.3 Å². The zero-order valence-corrected chi connectivity index (χ0v) is 13.6. The Hall–Kier alpha value is -2.86. The van der Waals surface area contributed by atoms with Crippen LogP contribution in [0.4, 0.5) is 0 Å². The highest BCUT2D eigenvalue weighted by molar-refractivity contribution is 6.07. The molecule has 0 unspecified atom stereocenters. The highest BCUT2D eigenvalue weighted by atomic mass is 16.5. The number of ether oxygens (including phenoxy) is 1. The number of hydrogen-bond donors (Lipinski definition) is 0. The van der Waals surface area contributed by atoms with Crippen molar-refractivity contribution in [2.24, 2.45) is 0 Å². The Morgan fingerprint density at radius 1 is 1.13 bits per heavy atom. The van der Waals surface area contributed by atoms with Crippen molar-refractivity contribution >= 4 is 11.9 Å². The standard InChI is InChI=1S/C20H19NO2/c1-14-12-15(2)19(16(3)13-14)8-9-20(22)17-4-6-18(7-5-17)23-11-10-21/h4-9,12-13H,11H2,1-3H3/b9-8+. The molecule has 3 heteroatoms. The van der Waals surface area contributed by atoms with Crippen LogP contribution in [-0.2, 0) is 0 Å². The molecule has 0 saturated heterocycles. The van der Waals surface area contributed by atoms with E-state index in [1.807, 2.05) is 26.0 Å². The van der Waals surface area contributed by atoms with Gasteiger partial charge < -0.3 is 4.74 Å². The summed E-state index contributed by atoms with van der Waals surface area (Å²) >= 11 is 0. The third-order valence-electron chi connectivity index (χ3n) is 3.58. The number of hydrogen-bond acceptors (Lipinski definition) is 3. The number of carbonyl (C=O) groups excluding carboxylic acids is 1. The molecule has 0 aliphatic heterocycles. The molecule has 2 aromatic carbocycles. The molecule has 0 atom stereocenters. The van der Waals surface area contributed by atoms with E-state index in [4.69, 9.17) is 10.00 Å². The average molecular weight is 305 g/mol. The predicted molar refractivity (Wildman–Crippen MR) is 91.6 cm³/mol. The van der Waals surface area contributed by atoms with Gasteiger partial charge in [0, 0.05) is 5.56 Å². The molecule has 0 spiro atoms. The zero-order valence-electron chi connectivity index (χ0n) is 13.6. The molecule has 0 radical (unpaired) electrons. The highest BCUT2D eigenvalue weighted by Gasteiger charge is 2.04. The van der Waals surface area contributed by atoms with Crippen LogP contribution in [0.1, 0.15) is 32.6 Å². The lowest BCUT2D eigenvalue weighted by Gasteiger charge is -2.07. The molecule has 2 aromatic rings. The number of nitrogens with zero attached hydrogens (tertiary/aromatic N) is 1. The van der Waals surface area contributed by atoms with E-state index in [-0.39, 0.29) is 12.4 Å². The van der Waals surface area contributed by atoms with Gasteiger partial charge in [0.05, 0.1) is 0 Å². The molecule has 2 rings (SSSR count). The Morgan fingerprint density at radius 3 is 2.30 bits per heavy atom. The van der Waals surface area contributed by atoms with Gasteiger partial charge in [-0.3, -0.25) is 4.79 Å². The molecular weight excluding hydrogens is 286 g/mol. The molecule has 116 valence electrons. The van der Waals surface area contributed by atoms with Crippen molar-refractivity contribution in [2.45, 2.75) is 20.8 Å². The second-order valence-electron chi connectivity index (χ2n) is 5.48. The largest absolute Gasteiger partial charge is 0.479 e. The second kappa shape index (κ2) is 7.42. The molecule has 0 N–H and O–H groups in total. The molecule has 0 aliphatic rings. The Morgan fingerprint density at radius 2 is 1.74 bits per heavy atom. The summed E-state index contributed by atoms with van der Waals surface area (Å²) in [5.74, 6) is 0.522. The van der Waals surface area contributed by atoms with E-state index in [1.165, 1.54) is 5.56 Å². The fourth-order valence-corrected chi connectivity index (χ4v) is 2.54. The summed E-state index contributed by atoms with van der Waals surface area (Å²) in [4.78, 5) is 12.3. The predicted octanol–water partition coefficient (Wildman–Crippen LogP) is 4.41. The van der Waals surface area contributed by atoms with Gasteiger partial charge in [0.1, 0.15) is 11.8 Å². The Balaban J connectivity index is 2.14. The first-order valence-electron chi connectivity index (χ1n) is 7.41. The SMILES string of the molecule is Cc1cc(C)c(/C=C/C(=O)c2ccc(OCC#N)cc2)c(C)c1. The van der Waals surface area contributed by atoms with Crippen molar-refractivity contribution in [1.29, 1.82) is 5.26 Å². The lowest BCUT2D eigenvalue weighted by atomic mass is 9.98. The summed E-state index contributed by atoms with van der Waals surface area (Å²) < 4.78 is 5.17. The van der Waals surface area contributed by atoms with Crippen molar-refractivity contribution in [2.75, 3.05) is 6.61 Å². The quantitative estimate of drug-likeness (QED) is 0.607. The van der Waals surface area contributed by atoms with Crippen molar-refractivity contribution in [3.63, 3.8) is 0 Å². The Bertz CT molecular complexity index is 757. The molecule has 0 fully saturated rings. The zero-order chi connectivity index (χ0) is 16.8. The van der Waals surface area contributed by atoms with E-state index in [2.05, 4.69) is 19.1 Å². The minimum Gasteiger partial charge on any atom is -0.479 e. The van der Waals surface area contributed by atoms with Gasteiger partial charge in [-0.05, 0) is 67.8 Å². The van der Waals surface area contributed by atoms with Crippen LogP contribution in [-0.4, -0.2) is 12.4 Å². The first kappa shape index (κ1) is 16.5. The molecule has 0 bridgehead atoms. The Kier molecular flexibility index (Phi) is 5.32. The number of benzene rings is 2. The molecule has 0 aromatic heterocycles. The summed E-state index contributed by atoms with van der Waals surface area (Å²) in [6.45, 7) is 6.16. The molecule has 3 nitrogen and oxygen atoms in total. The van der Waals surface area contributed by atoms with Crippen LogP contribution in [0.15, 0.2) is 42.5 Å². The van der Waals surface area contributed by atoms with E-state index in [0.717, 1.165) is 16.7 Å². The maximum Gasteiger partial charge on any atom is 0.185 e. The molecule has 0 amide bonds. The van der Waals surface area contributed by atoms with Gasteiger partial charge in [-0.15, -0.1) is 0 Å². The van der Waals surface area contributed by atoms with Crippen molar-refractivity contribution in [1.82, 2.24) is 0 Å². The number of ketones is 1. The van der Waals surface area contributed by atoms with Crippen LogP contribution in [0, 0.1) is 32.1 Å². The lowest BCUT2D eigenvalue weighted by molar-refractivity contribution is 0.104. The summed E-state index contributed by atoms with van der Waals surface area (Å²) in [5.41, 5.74) is 5.21. The van der Waals surface area contributed by atoms with Crippen molar-refractivity contribution in [3.8, 4) is 11.8 Å². The fourth-order valence-electron chi connectivity index (χ4n) is 2.54. The highest BCUT2D eigenvalue weighted by Crippen LogP contribution is 2.19. The van der Waals surface area contributed by atoms with Gasteiger partial charge in [-0.1, -0.05) is 23.8 Å². The monoisotopic (exact) mass is 305 g/mol. The van der Waals surface area contributed by atoms with Gasteiger partial charge in [-0.2, -0.15) is 5.26 Å². The fraction of sp³-hybridized carbons (Fsp3) is 0.200. The number of allylic oxidation sites excluding steroid dienone is 1. The van der Waals surface area contributed by atoms with E-state index >= 15 is 0 Å². The van der Waals surface area contributed by atoms with Crippen molar-refractivity contribution in [3.05, 3.63) is 70.3 Å². The van der Waals surface area contributed by atoms with Crippen LogP contribution < -0.4 is 4.74 Å². The minimum absolute atomic E-state index is 0.000820. The van der Waals surface area contributed by atoms with Crippen LogP contribution in [0.5, 0.6) is 5.75 Å². The summed E-state index contributed by atoms with van der Waals surface area (Å²) in [5, 5.41) is 8.47. The third-order valence-corrected chi connectivity index (χ3v) is 3.58. The lowest BCUT2D eigenvalue weighted by Crippen LogP contribution is -1.97. The minimum atomic E-state index is -0.0591. The maximum atomic E-state index is 12.3. The number of carbonyl (C=O) groups is 1. The van der Waals surface area contributed by atoms with Crippen LogP contribution in [0.25, 0.3) is 6.08 Å². The Labute approximate surface area is 136 Å². The molecular formula is C20H19NO2. The number of aryl methyl sites for hydroxylation is 3. The number of rotatable bonds is 5. The van der Waals surface area contributed by atoms with Gasteiger partial charge in [0.15, 0.2) is 12.4 Å².